The number of hydrogen-bond acceptors (Lipinski definition) is 13. The smallest absolute Gasteiger partial charge is 0.422 e. The number of carbonyl (C=O) groups excluding carboxylic acids is 3. The summed E-state index contributed by atoms with van der Waals surface area (Å²) in [4.78, 5) is 65.8. The number of amides is 3. The normalized spacial score (nSPS) is 23.5. The Morgan fingerprint density at radius 3 is 2.46 bits per heavy atom. The highest BCUT2D eigenvalue weighted by atomic mass is 19.4. The molecule has 6 rings (SSSR count). The van der Waals surface area contributed by atoms with E-state index in [-0.39, 0.29) is 43.8 Å². The maximum absolute atomic E-state index is 14.1. The number of azide groups is 1. The van der Waals surface area contributed by atoms with Crippen molar-refractivity contribution in [3.8, 4) is 0 Å². The van der Waals surface area contributed by atoms with Crippen LogP contribution in [0.5, 0.6) is 0 Å². The van der Waals surface area contributed by atoms with E-state index >= 15 is 0 Å². The van der Waals surface area contributed by atoms with E-state index in [4.69, 9.17) is 19.7 Å². The van der Waals surface area contributed by atoms with Gasteiger partial charge in [-0.1, -0.05) is 41.5 Å². The third kappa shape index (κ3) is 9.20. The standard InChI is InChI=1S/C34H37F3N10O10/c35-34(36,37)33(44-45-33)26-19-11-18(21(26)14-41-46-38)12-20(13-19)42-32(54)57-22(17-5-2-1-3-6-17)7-4-10-55-31(53)40-16-25(49)39-15-23-27(50)28(51)29(56-23)47-9-8-24(48)43-30(47)52/h1-3,5-6,8-9,11-13,21-23,26-29,44-45,50-51H,4,7,10,14-16H2,(H,39,49)(H,40,53)(H,42,54)(H,43,48,52). The number of nitrogens with one attached hydrogen (secondary N) is 6. The molecule has 20 nitrogen and oxygen atoms in total. The van der Waals surface area contributed by atoms with Crippen molar-refractivity contribution in [3.05, 3.63) is 109 Å². The zero-order valence-electron chi connectivity index (χ0n) is 29.6. The fourth-order valence-corrected chi connectivity index (χ4v) is 6.90. The summed E-state index contributed by atoms with van der Waals surface area (Å²) in [5.74, 6) is -2.70. The summed E-state index contributed by atoms with van der Waals surface area (Å²) in [6, 6.07) is 14.1. The highest BCUT2D eigenvalue weighted by Gasteiger charge is 2.70. The van der Waals surface area contributed by atoms with Crippen LogP contribution in [0.4, 0.5) is 28.4 Å². The first kappa shape index (κ1) is 40.7. The van der Waals surface area contributed by atoms with Crippen molar-refractivity contribution in [2.45, 2.75) is 67.2 Å². The lowest BCUT2D eigenvalue weighted by atomic mass is 9.82. The van der Waals surface area contributed by atoms with E-state index in [2.05, 4.69) is 36.8 Å². The summed E-state index contributed by atoms with van der Waals surface area (Å²) in [6.45, 7) is -1.21. The van der Waals surface area contributed by atoms with E-state index < -0.39 is 90.2 Å². The Labute approximate surface area is 319 Å². The number of aliphatic hydroxyl groups is 2. The SMILES string of the molecule is [N-]=[N+]=NCC1c2cc(NC(=O)OC(CCCOC(=O)NCC(=O)NCC3OC(n4ccc(=O)[nH]c4=O)C(O)C3O)c3ccccc3)cc(c2)C1C1(C(F)(F)F)NN1. The maximum atomic E-state index is 14.1. The van der Waals surface area contributed by atoms with Crippen molar-refractivity contribution in [1.29, 1.82) is 0 Å². The molecule has 1 aliphatic carbocycles. The summed E-state index contributed by atoms with van der Waals surface area (Å²) in [5, 5.41) is 31.5. The number of alkyl carbamates (subject to hydrolysis) is 1. The second kappa shape index (κ2) is 17.0. The summed E-state index contributed by atoms with van der Waals surface area (Å²) < 4.78 is 59.4. The second-order valence-electron chi connectivity index (χ2n) is 13.4. The fraction of sp³-hybridized carbons (Fsp3) is 0.441. The van der Waals surface area contributed by atoms with Gasteiger partial charge in [-0.2, -0.15) is 13.2 Å². The minimum absolute atomic E-state index is 0.143. The molecule has 57 heavy (non-hydrogen) atoms. The molecule has 304 valence electrons. The number of aromatic amines is 1. The third-order valence-corrected chi connectivity index (χ3v) is 9.68. The first-order chi connectivity index (χ1) is 27.2. The van der Waals surface area contributed by atoms with Gasteiger partial charge in [0.25, 0.3) is 5.56 Å². The Kier molecular flexibility index (Phi) is 12.2. The predicted molar refractivity (Wildman–Crippen MR) is 189 cm³/mol. The molecular formula is C34H37F3N10O10. The van der Waals surface area contributed by atoms with Gasteiger partial charge in [0.15, 0.2) is 11.9 Å². The summed E-state index contributed by atoms with van der Waals surface area (Å²) in [5.41, 5.74) is 10.8. The molecule has 7 atom stereocenters. The van der Waals surface area contributed by atoms with Crippen LogP contribution in [0, 0.1) is 0 Å². The fourth-order valence-electron chi connectivity index (χ4n) is 6.90. The van der Waals surface area contributed by atoms with Crippen LogP contribution in [0.25, 0.3) is 10.4 Å². The zero-order valence-corrected chi connectivity index (χ0v) is 29.6. The molecule has 2 bridgehead atoms. The van der Waals surface area contributed by atoms with Crippen molar-refractivity contribution >= 4 is 23.8 Å². The molecule has 0 radical (unpaired) electrons. The number of anilines is 1. The van der Waals surface area contributed by atoms with E-state index in [1.165, 1.54) is 12.1 Å². The molecular weight excluding hydrogens is 765 g/mol. The van der Waals surface area contributed by atoms with Gasteiger partial charge in [-0.3, -0.25) is 24.5 Å². The predicted octanol–water partition coefficient (Wildman–Crippen LogP) is 1.63. The van der Waals surface area contributed by atoms with Gasteiger partial charge in [0.05, 0.1) is 13.2 Å². The number of aliphatic hydroxyl groups excluding tert-OH is 2. The van der Waals surface area contributed by atoms with Gasteiger partial charge in [-0.15, -0.1) is 0 Å². The zero-order chi connectivity index (χ0) is 40.9. The van der Waals surface area contributed by atoms with Crippen LogP contribution in [0.3, 0.4) is 0 Å². The number of fused-ring (bicyclic) bond motifs is 2. The highest BCUT2D eigenvalue weighted by Crippen LogP contribution is 2.55. The van der Waals surface area contributed by atoms with Gasteiger partial charge in [0.2, 0.25) is 5.91 Å². The average Bonchev–Trinajstić information content (AvgIpc) is 3.88. The monoisotopic (exact) mass is 802 g/mol. The lowest BCUT2D eigenvalue weighted by Crippen LogP contribution is -2.44. The van der Waals surface area contributed by atoms with Crippen LogP contribution in [-0.4, -0.2) is 94.3 Å². The van der Waals surface area contributed by atoms with E-state index in [0.29, 0.717) is 11.1 Å². The van der Waals surface area contributed by atoms with Crippen LogP contribution in [0.1, 0.15) is 53.7 Å². The van der Waals surface area contributed by atoms with Crippen LogP contribution < -0.4 is 38.1 Å². The first-order valence-electron chi connectivity index (χ1n) is 17.5. The van der Waals surface area contributed by atoms with Crippen LogP contribution >= 0.6 is 0 Å². The van der Waals surface area contributed by atoms with Gasteiger partial charge in [-0.25, -0.2) is 25.2 Å². The molecule has 23 heteroatoms. The lowest BCUT2D eigenvalue weighted by Gasteiger charge is -2.28. The number of alkyl halides is 3. The molecule has 0 spiro atoms. The van der Waals surface area contributed by atoms with E-state index in [9.17, 15) is 47.4 Å². The summed E-state index contributed by atoms with van der Waals surface area (Å²) in [7, 11) is 0. The molecule has 3 heterocycles. The van der Waals surface area contributed by atoms with E-state index in [1.807, 2.05) is 4.98 Å². The summed E-state index contributed by atoms with van der Waals surface area (Å²) in [6.07, 6.45) is -11.4. The number of benzene rings is 2. The third-order valence-electron chi connectivity index (χ3n) is 9.68. The Hall–Kier alpha value is -5.97. The number of H-pyrrole nitrogens is 1. The van der Waals surface area contributed by atoms with Gasteiger partial charge >= 0.3 is 24.1 Å². The van der Waals surface area contributed by atoms with E-state index in [1.54, 1.807) is 36.4 Å². The summed E-state index contributed by atoms with van der Waals surface area (Å²) >= 11 is 0. The van der Waals surface area contributed by atoms with Crippen molar-refractivity contribution in [2.75, 3.05) is 31.6 Å². The number of nitrogens with zero attached hydrogens (tertiary/aromatic N) is 4. The molecule has 8 N–H and O–H groups in total. The second-order valence-corrected chi connectivity index (χ2v) is 13.4. The van der Waals surface area contributed by atoms with Gasteiger partial charge in [0, 0.05) is 41.9 Å². The molecule has 7 unspecified atom stereocenters. The number of carbonyl (C=O) groups is 3. The number of aromatic nitrogens is 2. The molecule has 2 aliphatic heterocycles. The maximum Gasteiger partial charge on any atom is 0.422 e. The van der Waals surface area contributed by atoms with E-state index in [0.717, 1.165) is 16.8 Å². The Bertz CT molecular complexity index is 2130. The minimum atomic E-state index is -4.68. The largest absolute Gasteiger partial charge is 0.450 e. The Morgan fingerprint density at radius 2 is 1.77 bits per heavy atom. The number of rotatable bonds is 15. The Morgan fingerprint density at radius 1 is 1.04 bits per heavy atom. The number of hydrogen-bond donors (Lipinski definition) is 8. The topological polar surface area (TPSA) is 303 Å². The van der Waals surface area contributed by atoms with Gasteiger partial charge < -0.3 is 35.1 Å². The van der Waals surface area contributed by atoms with Crippen molar-refractivity contribution < 1.29 is 52.0 Å². The van der Waals surface area contributed by atoms with Crippen LogP contribution in [0.15, 0.2) is 75.5 Å². The van der Waals surface area contributed by atoms with Crippen molar-refractivity contribution in [2.24, 2.45) is 5.11 Å². The molecule has 2 fully saturated rings. The van der Waals surface area contributed by atoms with Crippen molar-refractivity contribution in [1.82, 2.24) is 31.0 Å². The lowest BCUT2D eigenvalue weighted by molar-refractivity contribution is -0.169. The molecule has 3 amide bonds. The molecule has 3 aromatic rings. The number of hydrazine groups is 1. The molecule has 0 saturated carbocycles. The first-order valence-corrected chi connectivity index (χ1v) is 17.5. The van der Waals surface area contributed by atoms with Gasteiger partial charge in [0.1, 0.15) is 24.4 Å². The highest BCUT2D eigenvalue weighted by molar-refractivity contribution is 5.85. The minimum Gasteiger partial charge on any atom is -0.450 e. The number of halogens is 3. The molecule has 1 aromatic heterocycles. The molecule has 2 aromatic carbocycles. The van der Waals surface area contributed by atoms with Crippen molar-refractivity contribution in [3.63, 3.8) is 0 Å². The molecule has 2 saturated heterocycles. The van der Waals surface area contributed by atoms with Gasteiger partial charge in [-0.05, 0) is 53.1 Å². The van der Waals surface area contributed by atoms with Crippen LogP contribution in [0.2, 0.25) is 0 Å². The Balaban J connectivity index is 0.963. The average molecular weight is 803 g/mol. The quantitative estimate of drug-likeness (QED) is 0.0358. The number of ether oxygens (including phenoxy) is 3. The molecule has 3 aliphatic rings. The van der Waals surface area contributed by atoms with Crippen LogP contribution in [-0.2, 0) is 19.0 Å².